The number of pyridine rings is 1. The fourth-order valence-corrected chi connectivity index (χ4v) is 2.96. The van der Waals surface area contributed by atoms with Gasteiger partial charge in [-0.1, -0.05) is 5.92 Å². The topological polar surface area (TPSA) is 85.9 Å². The molecule has 0 fully saturated rings. The minimum atomic E-state index is -0.0562. The second-order valence-corrected chi connectivity index (χ2v) is 5.64. The van der Waals surface area contributed by atoms with Crippen LogP contribution >= 0.6 is 0 Å². The molecule has 0 amide bonds. The van der Waals surface area contributed by atoms with Crippen LogP contribution in [0.5, 0.6) is 0 Å². The highest BCUT2D eigenvalue weighted by atomic mass is 16.5. The van der Waals surface area contributed by atoms with Crippen LogP contribution in [0.25, 0.3) is 21.8 Å². The van der Waals surface area contributed by atoms with Gasteiger partial charge in [0.05, 0.1) is 23.2 Å². The van der Waals surface area contributed by atoms with Gasteiger partial charge >= 0.3 is 0 Å². The number of ether oxygens (including phenoxy) is 1. The van der Waals surface area contributed by atoms with Gasteiger partial charge in [-0.15, -0.1) is 6.42 Å². The van der Waals surface area contributed by atoms with Gasteiger partial charge in [0.2, 0.25) is 0 Å². The van der Waals surface area contributed by atoms with Crippen molar-refractivity contribution in [3.63, 3.8) is 0 Å². The lowest BCUT2D eigenvalue weighted by Crippen LogP contribution is -2.23. The third-order valence-electron chi connectivity index (χ3n) is 4.15. The van der Waals surface area contributed by atoms with Gasteiger partial charge in [-0.2, -0.15) is 5.10 Å². The Morgan fingerprint density at radius 2 is 2.29 bits per heavy atom. The van der Waals surface area contributed by atoms with Crippen molar-refractivity contribution in [1.29, 1.82) is 0 Å². The van der Waals surface area contributed by atoms with Gasteiger partial charge in [0.1, 0.15) is 5.52 Å². The van der Waals surface area contributed by atoms with Crippen LogP contribution in [-0.2, 0) is 17.7 Å². The quantitative estimate of drug-likeness (QED) is 0.671. The summed E-state index contributed by atoms with van der Waals surface area (Å²) in [7, 11) is 1.63. The Labute approximate surface area is 139 Å². The van der Waals surface area contributed by atoms with Crippen molar-refractivity contribution in [1.82, 2.24) is 14.8 Å². The molecule has 0 saturated heterocycles. The zero-order valence-corrected chi connectivity index (χ0v) is 13.6. The van der Waals surface area contributed by atoms with E-state index in [-0.39, 0.29) is 5.56 Å². The van der Waals surface area contributed by atoms with Crippen LogP contribution in [-0.4, -0.2) is 35.0 Å². The fraction of sp³-hybridized carbons (Fsp3) is 0.333. The average molecular weight is 324 g/mol. The van der Waals surface area contributed by atoms with E-state index in [0.717, 1.165) is 28.6 Å². The smallest absolute Gasteiger partial charge is 0.262 e. The number of nitrogens with two attached hydrogens (primary N) is 1. The lowest BCUT2D eigenvalue weighted by Gasteiger charge is -2.11. The summed E-state index contributed by atoms with van der Waals surface area (Å²) in [5, 5.41) is 8.83. The van der Waals surface area contributed by atoms with Gasteiger partial charge in [0, 0.05) is 31.0 Å². The number of nitrogens with zero attached hydrogens (tertiary/aromatic N) is 2. The van der Waals surface area contributed by atoms with Gasteiger partial charge in [-0.25, -0.2) is 0 Å². The number of methoxy groups -OCH3 is 1. The standard InChI is InChI=1S/C18H20N4O2/c1-3-12-5-6-15-13(11-12)17-16(14(20-21-17)7-10-24-2)18(23)22(15)9-4-8-19/h1,5-6,11H,4,7-10,19H2,2H3,(H,20,21). The number of aromatic nitrogens is 3. The van der Waals surface area contributed by atoms with E-state index in [9.17, 15) is 4.79 Å². The van der Waals surface area contributed by atoms with E-state index >= 15 is 0 Å². The predicted octanol–water partition coefficient (Wildman–Crippen LogP) is 1.40. The number of aryl methyl sites for hydroxylation is 1. The summed E-state index contributed by atoms with van der Waals surface area (Å²) in [6, 6.07) is 5.62. The maximum Gasteiger partial charge on any atom is 0.262 e. The Bertz CT molecular complexity index is 978. The van der Waals surface area contributed by atoms with E-state index in [1.165, 1.54) is 0 Å². The first-order valence-electron chi connectivity index (χ1n) is 7.90. The minimum Gasteiger partial charge on any atom is -0.384 e. The number of rotatable bonds is 6. The third kappa shape index (κ3) is 2.68. The van der Waals surface area contributed by atoms with Crippen molar-refractivity contribution in [3.8, 4) is 12.3 Å². The fourth-order valence-electron chi connectivity index (χ4n) is 2.96. The summed E-state index contributed by atoms with van der Waals surface area (Å²) in [6.45, 7) is 1.60. The van der Waals surface area contributed by atoms with Gasteiger partial charge in [0.15, 0.2) is 0 Å². The van der Waals surface area contributed by atoms with Crippen molar-refractivity contribution in [2.24, 2.45) is 5.73 Å². The van der Waals surface area contributed by atoms with E-state index < -0.39 is 0 Å². The number of hydrogen-bond donors (Lipinski definition) is 2. The molecule has 0 spiro atoms. The number of aromatic amines is 1. The summed E-state index contributed by atoms with van der Waals surface area (Å²) >= 11 is 0. The second kappa shape index (κ2) is 6.87. The predicted molar refractivity (Wildman–Crippen MR) is 95.0 cm³/mol. The Balaban J connectivity index is 2.34. The number of hydrogen-bond acceptors (Lipinski definition) is 4. The molecule has 0 aliphatic rings. The molecule has 0 radical (unpaired) electrons. The first kappa shape index (κ1) is 16.2. The highest BCUT2D eigenvalue weighted by Gasteiger charge is 2.17. The molecule has 2 aromatic heterocycles. The third-order valence-corrected chi connectivity index (χ3v) is 4.15. The average Bonchev–Trinajstić information content (AvgIpc) is 3.04. The Morgan fingerprint density at radius 1 is 1.46 bits per heavy atom. The number of nitrogens with one attached hydrogen (secondary N) is 1. The lowest BCUT2D eigenvalue weighted by molar-refractivity contribution is 0.201. The molecule has 6 nitrogen and oxygen atoms in total. The maximum absolute atomic E-state index is 13.0. The SMILES string of the molecule is C#Cc1ccc2c(c1)c1n[nH]c(CCOC)c1c(=O)n2CCCN. The Hall–Kier alpha value is -2.62. The second-order valence-electron chi connectivity index (χ2n) is 5.64. The summed E-state index contributed by atoms with van der Waals surface area (Å²) in [5.41, 5.74) is 8.59. The van der Waals surface area contributed by atoms with Gasteiger partial charge in [-0.05, 0) is 31.2 Å². The summed E-state index contributed by atoms with van der Waals surface area (Å²) in [6.07, 6.45) is 6.85. The summed E-state index contributed by atoms with van der Waals surface area (Å²) in [4.78, 5) is 13.0. The summed E-state index contributed by atoms with van der Waals surface area (Å²) in [5.74, 6) is 2.64. The molecule has 24 heavy (non-hydrogen) atoms. The monoisotopic (exact) mass is 324 g/mol. The van der Waals surface area contributed by atoms with Crippen molar-refractivity contribution >= 4 is 21.8 Å². The van der Waals surface area contributed by atoms with Gasteiger partial charge < -0.3 is 15.0 Å². The Kier molecular flexibility index (Phi) is 4.65. The number of H-pyrrole nitrogens is 1. The van der Waals surface area contributed by atoms with Gasteiger partial charge in [-0.3, -0.25) is 9.89 Å². The molecule has 3 aromatic rings. The molecule has 0 aliphatic carbocycles. The largest absolute Gasteiger partial charge is 0.384 e. The van der Waals surface area contributed by atoms with E-state index in [0.29, 0.717) is 37.0 Å². The first-order valence-corrected chi connectivity index (χ1v) is 7.90. The molecule has 3 N–H and O–H groups in total. The first-order chi connectivity index (χ1) is 11.7. The van der Waals surface area contributed by atoms with Crippen molar-refractivity contribution < 1.29 is 4.74 Å². The van der Waals surface area contributed by atoms with Crippen molar-refractivity contribution in [3.05, 3.63) is 39.8 Å². The molecule has 0 aliphatic heterocycles. The molecule has 2 heterocycles. The lowest BCUT2D eigenvalue weighted by atomic mass is 10.1. The van der Waals surface area contributed by atoms with E-state index in [4.69, 9.17) is 16.9 Å². The van der Waals surface area contributed by atoms with Crippen molar-refractivity contribution in [2.75, 3.05) is 20.3 Å². The molecule has 124 valence electrons. The molecule has 0 bridgehead atoms. The normalized spacial score (nSPS) is 11.2. The van der Waals surface area contributed by atoms with Crippen LogP contribution in [0.15, 0.2) is 23.0 Å². The molecule has 0 unspecified atom stereocenters. The highest BCUT2D eigenvalue weighted by molar-refractivity contribution is 6.04. The highest BCUT2D eigenvalue weighted by Crippen LogP contribution is 2.24. The van der Waals surface area contributed by atoms with E-state index in [2.05, 4.69) is 16.1 Å². The van der Waals surface area contributed by atoms with Crippen molar-refractivity contribution in [2.45, 2.75) is 19.4 Å². The van der Waals surface area contributed by atoms with Crippen LogP contribution in [0, 0.1) is 12.3 Å². The van der Waals surface area contributed by atoms with Crippen LogP contribution in [0.4, 0.5) is 0 Å². The molecular formula is C18H20N4O2. The number of terminal acetylenes is 1. The molecule has 3 rings (SSSR count). The van der Waals surface area contributed by atoms with E-state index in [1.807, 2.05) is 18.2 Å². The van der Waals surface area contributed by atoms with Gasteiger partial charge in [0.25, 0.3) is 5.56 Å². The van der Waals surface area contributed by atoms with Crippen LogP contribution in [0.3, 0.4) is 0 Å². The minimum absolute atomic E-state index is 0.0562. The Morgan fingerprint density at radius 3 is 3.00 bits per heavy atom. The number of fused-ring (bicyclic) bond motifs is 3. The number of benzene rings is 1. The molecule has 6 heteroatoms. The summed E-state index contributed by atoms with van der Waals surface area (Å²) < 4.78 is 6.88. The van der Waals surface area contributed by atoms with E-state index in [1.54, 1.807) is 11.7 Å². The maximum atomic E-state index is 13.0. The van der Waals surface area contributed by atoms with Crippen LogP contribution < -0.4 is 11.3 Å². The molecule has 1 aromatic carbocycles. The molecule has 0 saturated carbocycles. The zero-order chi connectivity index (χ0) is 17.1. The zero-order valence-electron chi connectivity index (χ0n) is 13.6. The van der Waals surface area contributed by atoms with Crippen LogP contribution in [0.1, 0.15) is 17.7 Å². The molecule has 0 atom stereocenters. The molecular weight excluding hydrogens is 304 g/mol. The van der Waals surface area contributed by atoms with Crippen LogP contribution in [0.2, 0.25) is 0 Å².